The Morgan fingerprint density at radius 3 is 1.63 bits per heavy atom. The lowest BCUT2D eigenvalue weighted by Gasteiger charge is -2.18. The molecule has 0 spiro atoms. The van der Waals surface area contributed by atoms with Crippen molar-refractivity contribution in [3.05, 3.63) is 0 Å². The van der Waals surface area contributed by atoms with Gasteiger partial charge in [0.05, 0.1) is 0 Å². The summed E-state index contributed by atoms with van der Waals surface area (Å²) in [6, 6.07) is -0.0208. The predicted octanol–water partition coefficient (Wildman–Crippen LogP) is 6.58. The van der Waals surface area contributed by atoms with Crippen LogP contribution in [0, 0.1) is 0 Å². The van der Waals surface area contributed by atoms with E-state index in [0.29, 0.717) is 12.8 Å². The first kappa shape index (κ1) is 28.6. The average molecular weight is 426 g/mol. The second-order valence-electron chi connectivity index (χ2n) is 8.66. The number of ketones is 1. The molecule has 0 unspecified atom stereocenters. The first-order valence-electron chi connectivity index (χ1n) is 12.6. The van der Waals surface area contributed by atoms with E-state index in [1.165, 1.54) is 51.4 Å². The number of carbonyl (C=O) groups is 3. The Bertz CT molecular complexity index is 450. The summed E-state index contributed by atoms with van der Waals surface area (Å²) in [6.45, 7) is 4.34. The van der Waals surface area contributed by atoms with Crippen molar-refractivity contribution in [2.45, 2.75) is 142 Å². The number of hydrogen-bond acceptors (Lipinski definition) is 3. The molecular weight excluding hydrogens is 378 g/mol. The van der Waals surface area contributed by atoms with Crippen molar-refractivity contribution >= 4 is 17.7 Å². The van der Waals surface area contributed by atoms with Crippen LogP contribution in [0.25, 0.3) is 0 Å². The van der Waals surface area contributed by atoms with E-state index >= 15 is 0 Å². The number of amides is 1. The summed E-state index contributed by atoms with van der Waals surface area (Å²) in [5.41, 5.74) is 0. The molecule has 2 N–H and O–H groups in total. The fraction of sp³-hybridized carbons (Fsp3) is 0.880. The molecule has 0 bridgehead atoms. The van der Waals surface area contributed by atoms with Crippen LogP contribution in [-0.4, -0.2) is 28.8 Å². The van der Waals surface area contributed by atoms with Crippen molar-refractivity contribution in [2.24, 2.45) is 0 Å². The van der Waals surface area contributed by atoms with Crippen molar-refractivity contribution < 1.29 is 19.5 Å². The molecule has 0 saturated carbocycles. The fourth-order valence-electron chi connectivity index (χ4n) is 3.74. The number of aliphatic carboxylic acids is 1. The van der Waals surface area contributed by atoms with Gasteiger partial charge in [0.15, 0.2) is 0 Å². The zero-order valence-electron chi connectivity index (χ0n) is 19.7. The van der Waals surface area contributed by atoms with E-state index in [-0.39, 0.29) is 18.2 Å². The molecule has 0 aromatic heterocycles. The lowest BCUT2D eigenvalue weighted by molar-refractivity contribution is -0.138. The number of unbranched alkanes of at least 4 members (excludes halogenated alkanes) is 12. The van der Waals surface area contributed by atoms with Crippen molar-refractivity contribution in [3.63, 3.8) is 0 Å². The highest BCUT2D eigenvalue weighted by molar-refractivity contribution is 6.36. The van der Waals surface area contributed by atoms with Gasteiger partial charge in [-0.05, 0) is 25.7 Å². The van der Waals surface area contributed by atoms with Crippen LogP contribution in [0.1, 0.15) is 136 Å². The molecule has 0 aromatic carbocycles. The van der Waals surface area contributed by atoms with Gasteiger partial charge in [0.1, 0.15) is 0 Å². The van der Waals surface area contributed by atoms with Crippen LogP contribution in [0.3, 0.4) is 0 Å². The molecule has 0 aliphatic carbocycles. The number of carboxylic acid groups (broad SMARTS) is 1. The Kier molecular flexibility index (Phi) is 19.9. The number of hydrogen-bond donors (Lipinski definition) is 2. The molecule has 5 nitrogen and oxygen atoms in total. The number of nitrogens with one attached hydrogen (secondary N) is 1. The summed E-state index contributed by atoms with van der Waals surface area (Å²) in [6.07, 6.45) is 19.0. The van der Waals surface area contributed by atoms with E-state index in [1.54, 1.807) is 0 Å². The second-order valence-corrected chi connectivity index (χ2v) is 8.66. The molecule has 1 atom stereocenters. The van der Waals surface area contributed by atoms with Crippen molar-refractivity contribution in [3.8, 4) is 0 Å². The standard InChI is InChI=1S/C25H47NO4/c1-3-5-7-8-9-10-11-12-13-14-15-20-23(27)25(30)26-22(18-6-4-2)19-16-17-21-24(28)29/h22H,3-21H2,1-2H3,(H,26,30)(H,28,29)/t22-/m0/s1. The van der Waals surface area contributed by atoms with Crippen LogP contribution < -0.4 is 5.32 Å². The van der Waals surface area contributed by atoms with Crippen LogP contribution in [-0.2, 0) is 14.4 Å². The molecule has 0 aromatic rings. The molecule has 1 amide bonds. The Morgan fingerprint density at radius 1 is 0.633 bits per heavy atom. The summed E-state index contributed by atoms with van der Waals surface area (Å²) >= 11 is 0. The molecule has 0 heterocycles. The number of carboxylic acids is 1. The van der Waals surface area contributed by atoms with Gasteiger partial charge in [-0.25, -0.2) is 0 Å². The minimum Gasteiger partial charge on any atom is -0.481 e. The first-order valence-corrected chi connectivity index (χ1v) is 12.6. The van der Waals surface area contributed by atoms with Crippen molar-refractivity contribution in [1.82, 2.24) is 5.32 Å². The van der Waals surface area contributed by atoms with Crippen LogP contribution in [0.2, 0.25) is 0 Å². The van der Waals surface area contributed by atoms with Gasteiger partial charge in [-0.3, -0.25) is 14.4 Å². The summed E-state index contributed by atoms with van der Waals surface area (Å²) in [7, 11) is 0. The maximum atomic E-state index is 12.2. The van der Waals surface area contributed by atoms with Gasteiger partial charge in [-0.2, -0.15) is 0 Å². The van der Waals surface area contributed by atoms with Gasteiger partial charge in [-0.1, -0.05) is 97.3 Å². The smallest absolute Gasteiger partial charge is 0.303 e. The van der Waals surface area contributed by atoms with Crippen LogP contribution in [0.15, 0.2) is 0 Å². The molecule has 0 aliphatic rings. The summed E-state index contributed by atoms with van der Waals surface area (Å²) < 4.78 is 0. The molecule has 0 saturated heterocycles. The van der Waals surface area contributed by atoms with Gasteiger partial charge < -0.3 is 10.4 Å². The highest BCUT2D eigenvalue weighted by atomic mass is 16.4. The normalized spacial score (nSPS) is 11.9. The minimum absolute atomic E-state index is 0.0208. The second kappa shape index (κ2) is 20.9. The molecule has 5 heteroatoms. The molecule has 0 radical (unpaired) electrons. The monoisotopic (exact) mass is 425 g/mol. The van der Waals surface area contributed by atoms with Gasteiger partial charge in [0.25, 0.3) is 5.91 Å². The third kappa shape index (κ3) is 18.6. The van der Waals surface area contributed by atoms with Gasteiger partial charge in [-0.15, -0.1) is 0 Å². The molecule has 0 fully saturated rings. The highest BCUT2D eigenvalue weighted by Gasteiger charge is 2.18. The summed E-state index contributed by atoms with van der Waals surface area (Å²) in [5.74, 6) is -1.55. The minimum atomic E-state index is -0.786. The van der Waals surface area contributed by atoms with Gasteiger partial charge in [0.2, 0.25) is 5.78 Å². The first-order chi connectivity index (χ1) is 14.5. The Morgan fingerprint density at radius 2 is 1.10 bits per heavy atom. The van der Waals surface area contributed by atoms with E-state index in [4.69, 9.17) is 5.11 Å². The maximum absolute atomic E-state index is 12.2. The van der Waals surface area contributed by atoms with Crippen LogP contribution in [0.5, 0.6) is 0 Å². The lowest BCUT2D eigenvalue weighted by Crippen LogP contribution is -2.39. The highest BCUT2D eigenvalue weighted by Crippen LogP contribution is 2.13. The van der Waals surface area contributed by atoms with E-state index < -0.39 is 11.9 Å². The zero-order valence-corrected chi connectivity index (χ0v) is 19.7. The average Bonchev–Trinajstić information content (AvgIpc) is 2.72. The van der Waals surface area contributed by atoms with Crippen molar-refractivity contribution in [2.75, 3.05) is 0 Å². The lowest BCUT2D eigenvalue weighted by atomic mass is 10.0. The van der Waals surface area contributed by atoms with E-state index in [2.05, 4.69) is 19.2 Å². The molecule has 0 aliphatic heterocycles. The quantitative estimate of drug-likeness (QED) is 0.152. The van der Waals surface area contributed by atoms with Gasteiger partial charge >= 0.3 is 5.97 Å². The van der Waals surface area contributed by atoms with Gasteiger partial charge in [0, 0.05) is 18.9 Å². The summed E-state index contributed by atoms with van der Waals surface area (Å²) in [4.78, 5) is 35.0. The predicted molar refractivity (Wildman–Crippen MR) is 124 cm³/mol. The zero-order chi connectivity index (χ0) is 22.5. The van der Waals surface area contributed by atoms with Crippen LogP contribution in [0.4, 0.5) is 0 Å². The number of carbonyl (C=O) groups excluding carboxylic acids is 2. The fourth-order valence-corrected chi connectivity index (χ4v) is 3.74. The SMILES string of the molecule is CCCCCCCCCCCCCC(=O)C(=O)N[C@@H](CCCC)CCCCC(=O)O. The Balaban J connectivity index is 3.85. The maximum Gasteiger partial charge on any atom is 0.303 e. The largest absolute Gasteiger partial charge is 0.481 e. The third-order valence-electron chi connectivity index (χ3n) is 5.70. The van der Waals surface area contributed by atoms with Crippen LogP contribution >= 0.6 is 0 Å². The summed E-state index contributed by atoms with van der Waals surface area (Å²) in [5, 5.41) is 11.6. The number of rotatable bonds is 22. The molecule has 176 valence electrons. The molecule has 0 rings (SSSR count). The van der Waals surface area contributed by atoms with E-state index in [1.807, 2.05) is 0 Å². The van der Waals surface area contributed by atoms with Crippen molar-refractivity contribution in [1.29, 1.82) is 0 Å². The Hall–Kier alpha value is -1.39. The van der Waals surface area contributed by atoms with E-state index in [0.717, 1.165) is 51.4 Å². The Labute approximate surface area is 184 Å². The topological polar surface area (TPSA) is 83.5 Å². The third-order valence-corrected chi connectivity index (χ3v) is 5.70. The molecule has 30 heavy (non-hydrogen) atoms. The molecular formula is C25H47NO4. The number of Topliss-reactive ketones (excluding diaryl/α,β-unsaturated/α-hetero) is 1. The van der Waals surface area contributed by atoms with E-state index in [9.17, 15) is 14.4 Å².